The fraction of sp³-hybridized carbons (Fsp3) is 0.385. The second kappa shape index (κ2) is 5.39. The molecule has 8 heteroatoms. The first-order chi connectivity index (χ1) is 9.82. The topological polar surface area (TPSA) is 125 Å². The van der Waals surface area contributed by atoms with Crippen LogP contribution in [0.5, 0.6) is 0 Å². The number of nitrogens with one attached hydrogen (secondary N) is 2. The lowest BCUT2D eigenvalue weighted by Gasteiger charge is -2.17. The van der Waals surface area contributed by atoms with E-state index in [1.807, 2.05) is 0 Å². The molecule has 1 atom stereocenters. The van der Waals surface area contributed by atoms with E-state index in [0.29, 0.717) is 0 Å². The quantitative estimate of drug-likeness (QED) is 0.760. The van der Waals surface area contributed by atoms with E-state index in [1.165, 1.54) is 13.3 Å². The molecule has 0 bridgehead atoms. The van der Waals surface area contributed by atoms with Crippen molar-refractivity contribution in [3.05, 3.63) is 28.0 Å². The number of fused-ring (bicyclic) bond motifs is 1. The highest BCUT2D eigenvalue weighted by Crippen LogP contribution is 2.20. The highest BCUT2D eigenvalue weighted by molar-refractivity contribution is 6.07. The van der Waals surface area contributed by atoms with E-state index in [2.05, 4.69) is 15.3 Å². The van der Waals surface area contributed by atoms with Gasteiger partial charge >= 0.3 is 5.97 Å². The number of hydrogen-bond acceptors (Lipinski definition) is 5. The van der Waals surface area contributed by atoms with E-state index in [1.54, 1.807) is 13.8 Å². The predicted octanol–water partition coefficient (Wildman–Crippen LogP) is 0.664. The van der Waals surface area contributed by atoms with E-state index in [-0.39, 0.29) is 28.3 Å². The smallest absolute Gasteiger partial charge is 0.326 e. The lowest BCUT2D eigenvalue weighted by molar-refractivity contribution is -0.140. The number of aromatic amines is 1. The van der Waals surface area contributed by atoms with Crippen LogP contribution in [-0.4, -0.2) is 33.0 Å². The number of nitrogens with zero attached hydrogens (tertiary/aromatic N) is 1. The van der Waals surface area contributed by atoms with Crippen LogP contribution in [0.2, 0.25) is 0 Å². The second-order valence-electron chi connectivity index (χ2n) is 4.98. The highest BCUT2D eigenvalue weighted by Gasteiger charge is 2.28. The molecule has 0 saturated heterocycles. The number of carbonyl (C=O) groups is 2. The molecule has 3 N–H and O–H groups in total. The third-order valence-corrected chi connectivity index (χ3v) is 3.12. The van der Waals surface area contributed by atoms with E-state index in [9.17, 15) is 14.4 Å². The predicted molar refractivity (Wildman–Crippen MR) is 73.1 cm³/mol. The van der Waals surface area contributed by atoms with Crippen molar-refractivity contribution in [1.29, 1.82) is 0 Å². The number of aryl methyl sites for hydroxylation is 1. The number of hydrogen-bond donors (Lipinski definition) is 3. The molecule has 0 aromatic carbocycles. The normalized spacial score (nSPS) is 12.6. The molecule has 0 aliphatic rings. The Bertz CT molecular complexity index is 759. The van der Waals surface area contributed by atoms with E-state index < -0.39 is 23.5 Å². The third kappa shape index (κ3) is 2.64. The number of amides is 1. The summed E-state index contributed by atoms with van der Waals surface area (Å²) < 4.78 is 5.26. The second-order valence-corrected chi connectivity index (χ2v) is 4.98. The third-order valence-electron chi connectivity index (χ3n) is 3.12. The molecule has 2 rings (SSSR count). The Balaban J connectivity index is 2.47. The zero-order valence-electron chi connectivity index (χ0n) is 11.8. The Morgan fingerprint density at radius 2 is 2.10 bits per heavy atom. The zero-order valence-corrected chi connectivity index (χ0v) is 11.8. The molecule has 0 radical (unpaired) electrons. The van der Waals surface area contributed by atoms with Crippen molar-refractivity contribution in [2.45, 2.75) is 26.8 Å². The first kappa shape index (κ1) is 14.8. The minimum atomic E-state index is -1.14. The van der Waals surface area contributed by atoms with Gasteiger partial charge in [0.1, 0.15) is 17.2 Å². The average molecular weight is 293 g/mol. The van der Waals surface area contributed by atoms with Crippen LogP contribution in [-0.2, 0) is 4.79 Å². The fourth-order valence-electron chi connectivity index (χ4n) is 2.05. The Labute approximate surface area is 119 Å². The number of rotatable bonds is 4. The molecule has 2 heterocycles. The van der Waals surface area contributed by atoms with Crippen molar-refractivity contribution >= 4 is 23.0 Å². The molecule has 2 aromatic heterocycles. The number of carboxylic acid groups (broad SMARTS) is 1. The van der Waals surface area contributed by atoms with Gasteiger partial charge in [-0.1, -0.05) is 13.8 Å². The van der Waals surface area contributed by atoms with Gasteiger partial charge in [-0.3, -0.25) is 9.59 Å². The van der Waals surface area contributed by atoms with E-state index in [0.717, 1.165) is 0 Å². The molecular formula is C13H15N3O5. The van der Waals surface area contributed by atoms with Crippen molar-refractivity contribution < 1.29 is 19.1 Å². The summed E-state index contributed by atoms with van der Waals surface area (Å²) in [5.41, 5.74) is -0.470. The van der Waals surface area contributed by atoms with Gasteiger partial charge in [-0.15, -0.1) is 0 Å². The molecule has 0 spiro atoms. The standard InChI is InChI=1S/C13H15N3O5/c1-5(2)9(13(19)20)16-11(18)7-6(3)21-12-8(7)10(17)14-4-15-12/h4-5,9H,1-3H3,(H,16,18)(H,19,20)(H,14,15,17)/t9-/m0/s1. The molecule has 21 heavy (non-hydrogen) atoms. The van der Waals surface area contributed by atoms with Gasteiger partial charge in [0.05, 0.1) is 11.9 Å². The van der Waals surface area contributed by atoms with Crippen molar-refractivity contribution in [2.24, 2.45) is 5.92 Å². The summed E-state index contributed by atoms with van der Waals surface area (Å²) in [6.45, 7) is 4.86. The zero-order chi connectivity index (χ0) is 15.7. The van der Waals surface area contributed by atoms with Gasteiger partial charge in [-0.05, 0) is 12.8 Å². The van der Waals surface area contributed by atoms with Crippen LogP contribution in [0, 0.1) is 12.8 Å². The summed E-state index contributed by atoms with van der Waals surface area (Å²) in [6, 6.07) is -1.06. The van der Waals surface area contributed by atoms with Gasteiger partial charge in [-0.25, -0.2) is 9.78 Å². The average Bonchev–Trinajstić information content (AvgIpc) is 2.72. The van der Waals surface area contributed by atoms with Gasteiger partial charge in [0, 0.05) is 0 Å². The van der Waals surface area contributed by atoms with Gasteiger partial charge in [0.2, 0.25) is 5.71 Å². The van der Waals surface area contributed by atoms with Crippen molar-refractivity contribution in [3.63, 3.8) is 0 Å². The Morgan fingerprint density at radius 3 is 2.67 bits per heavy atom. The maximum Gasteiger partial charge on any atom is 0.326 e. The van der Waals surface area contributed by atoms with Gasteiger partial charge in [0.15, 0.2) is 0 Å². The number of aliphatic carboxylic acids is 1. The number of carboxylic acids is 1. The first-order valence-electron chi connectivity index (χ1n) is 6.33. The highest BCUT2D eigenvalue weighted by atomic mass is 16.4. The summed E-state index contributed by atoms with van der Waals surface area (Å²) in [7, 11) is 0. The number of furan rings is 1. The molecular weight excluding hydrogens is 278 g/mol. The molecule has 0 aliphatic heterocycles. The van der Waals surface area contributed by atoms with Crippen LogP contribution in [0.15, 0.2) is 15.5 Å². The first-order valence-corrected chi connectivity index (χ1v) is 6.33. The van der Waals surface area contributed by atoms with Crippen molar-refractivity contribution in [1.82, 2.24) is 15.3 Å². The number of aromatic nitrogens is 2. The molecule has 2 aromatic rings. The Hall–Kier alpha value is -2.64. The minimum absolute atomic E-state index is 0.00579. The molecule has 0 saturated carbocycles. The Morgan fingerprint density at radius 1 is 1.43 bits per heavy atom. The van der Waals surface area contributed by atoms with Gasteiger partial charge < -0.3 is 19.8 Å². The number of carbonyl (C=O) groups excluding carboxylic acids is 1. The molecule has 112 valence electrons. The maximum atomic E-state index is 12.3. The fourth-order valence-corrected chi connectivity index (χ4v) is 2.05. The van der Waals surface area contributed by atoms with Gasteiger partial charge in [-0.2, -0.15) is 0 Å². The van der Waals surface area contributed by atoms with Gasteiger partial charge in [0.25, 0.3) is 11.5 Å². The summed E-state index contributed by atoms with van der Waals surface area (Å²) in [4.78, 5) is 41.5. The van der Waals surface area contributed by atoms with E-state index in [4.69, 9.17) is 9.52 Å². The SMILES string of the molecule is Cc1oc2nc[nH]c(=O)c2c1C(=O)N[C@H](C(=O)O)C(C)C. The monoisotopic (exact) mass is 293 g/mol. The molecule has 0 fully saturated rings. The molecule has 0 aliphatic carbocycles. The van der Waals surface area contributed by atoms with Crippen LogP contribution in [0.3, 0.4) is 0 Å². The largest absolute Gasteiger partial charge is 0.480 e. The maximum absolute atomic E-state index is 12.3. The molecule has 0 unspecified atom stereocenters. The lowest BCUT2D eigenvalue weighted by atomic mass is 10.0. The molecule has 8 nitrogen and oxygen atoms in total. The molecule has 1 amide bonds. The summed E-state index contributed by atoms with van der Waals surface area (Å²) in [6.07, 6.45) is 1.17. The minimum Gasteiger partial charge on any atom is -0.480 e. The van der Waals surface area contributed by atoms with E-state index >= 15 is 0 Å². The summed E-state index contributed by atoms with van der Waals surface area (Å²) in [5, 5.41) is 11.5. The van der Waals surface area contributed by atoms with Crippen LogP contribution in [0.25, 0.3) is 11.1 Å². The van der Waals surface area contributed by atoms with Crippen molar-refractivity contribution in [3.8, 4) is 0 Å². The van der Waals surface area contributed by atoms with Crippen molar-refractivity contribution in [2.75, 3.05) is 0 Å². The summed E-state index contributed by atoms with van der Waals surface area (Å²) >= 11 is 0. The Kier molecular flexibility index (Phi) is 3.79. The lowest BCUT2D eigenvalue weighted by Crippen LogP contribution is -2.44. The van der Waals surface area contributed by atoms with Crippen LogP contribution < -0.4 is 10.9 Å². The number of H-pyrrole nitrogens is 1. The van der Waals surface area contributed by atoms with Crippen LogP contribution in [0.1, 0.15) is 30.0 Å². The van der Waals surface area contributed by atoms with Crippen LogP contribution in [0.4, 0.5) is 0 Å². The van der Waals surface area contributed by atoms with Crippen LogP contribution >= 0.6 is 0 Å². The summed E-state index contributed by atoms with van der Waals surface area (Å²) in [5.74, 6) is -1.91.